The summed E-state index contributed by atoms with van der Waals surface area (Å²) >= 11 is 3.77. The molecule has 0 atom stereocenters. The number of furan rings is 1. The van der Waals surface area contributed by atoms with Gasteiger partial charge in [-0.15, -0.1) is 10.2 Å². The highest BCUT2D eigenvalue weighted by molar-refractivity contribution is 9.10. The Labute approximate surface area is 256 Å². The predicted molar refractivity (Wildman–Crippen MR) is 169 cm³/mol. The number of aliphatic hydroxyl groups excluding tert-OH is 1. The maximum Gasteiger partial charge on any atom is 0.257 e. The first-order valence-electron chi connectivity index (χ1n) is 14.3. The predicted octanol–water partition coefficient (Wildman–Crippen LogP) is 6.38. The average molecular weight is 640 g/mol. The lowest BCUT2D eigenvalue weighted by Crippen LogP contribution is -2.30. The van der Waals surface area contributed by atoms with Crippen LogP contribution in [0.1, 0.15) is 53.5 Å². The van der Waals surface area contributed by atoms with Crippen molar-refractivity contribution in [2.45, 2.75) is 52.7 Å². The molecule has 3 heterocycles. The van der Waals surface area contributed by atoms with Crippen molar-refractivity contribution in [1.29, 1.82) is 0 Å². The van der Waals surface area contributed by atoms with Gasteiger partial charge in [0.25, 0.3) is 5.56 Å². The van der Waals surface area contributed by atoms with E-state index < -0.39 is 0 Å². The number of H-pyrrole nitrogens is 1. The van der Waals surface area contributed by atoms with E-state index in [4.69, 9.17) is 9.40 Å². The van der Waals surface area contributed by atoms with Crippen LogP contribution in [0, 0.1) is 6.92 Å². The molecule has 0 amide bonds. The summed E-state index contributed by atoms with van der Waals surface area (Å²) in [5.74, 6) is 2.05. The number of hydrogen-bond donors (Lipinski definition) is 2. The van der Waals surface area contributed by atoms with E-state index in [2.05, 4.69) is 49.5 Å². The van der Waals surface area contributed by atoms with Crippen LogP contribution in [0.3, 0.4) is 0 Å². The van der Waals surface area contributed by atoms with Gasteiger partial charge < -0.3 is 9.52 Å². The zero-order chi connectivity index (χ0) is 29.9. The van der Waals surface area contributed by atoms with Crippen LogP contribution in [-0.4, -0.2) is 35.3 Å². The molecule has 0 saturated heterocycles. The lowest BCUT2D eigenvalue weighted by molar-refractivity contribution is 0.281. The molecule has 0 spiro atoms. The van der Waals surface area contributed by atoms with E-state index in [-0.39, 0.29) is 12.2 Å². The normalized spacial score (nSPS) is 11.4. The highest BCUT2D eigenvalue weighted by atomic mass is 79.9. The van der Waals surface area contributed by atoms with Crippen molar-refractivity contribution < 1.29 is 9.52 Å². The summed E-state index contributed by atoms with van der Waals surface area (Å²) in [7, 11) is 0. The third kappa shape index (κ3) is 5.93. The maximum atomic E-state index is 14.0. The molecule has 9 nitrogen and oxygen atoms in total. The van der Waals surface area contributed by atoms with Crippen LogP contribution in [0.15, 0.2) is 80.4 Å². The fraction of sp³-hybridized carbons (Fsp3) is 0.242. The average Bonchev–Trinajstić information content (AvgIpc) is 3.68. The van der Waals surface area contributed by atoms with Crippen LogP contribution < -0.4 is 5.56 Å². The standard InChI is InChI=1S/C33H31BrN6O3/c1-3-4-8-29-35-20(2)26(16-21-6-5-7-23(15-21)19-41)33(42)40(29)18-22-9-14-28-27(17-22)30(34)31(43-28)24-10-12-25(13-11-24)32-36-38-39-37-32/h5-7,9-15,17,41H,3-4,8,16,18-19H2,1-2H3,(H,36,37,38,39). The lowest BCUT2D eigenvalue weighted by Gasteiger charge is -2.16. The van der Waals surface area contributed by atoms with E-state index in [0.717, 1.165) is 79.8 Å². The Morgan fingerprint density at radius 1 is 1.00 bits per heavy atom. The van der Waals surface area contributed by atoms with E-state index in [1.807, 2.05) is 72.2 Å². The fourth-order valence-electron chi connectivity index (χ4n) is 5.33. The molecule has 0 saturated carbocycles. The highest BCUT2D eigenvalue weighted by Crippen LogP contribution is 2.38. The molecule has 6 rings (SSSR count). The molecule has 10 heteroatoms. The van der Waals surface area contributed by atoms with E-state index in [0.29, 0.717) is 24.4 Å². The molecule has 6 aromatic rings. The number of nitrogens with zero attached hydrogens (tertiary/aromatic N) is 5. The number of aromatic amines is 1. The second kappa shape index (κ2) is 12.4. The van der Waals surface area contributed by atoms with E-state index in [1.54, 1.807) is 0 Å². The van der Waals surface area contributed by atoms with Crippen molar-refractivity contribution in [3.05, 3.63) is 115 Å². The largest absolute Gasteiger partial charge is 0.455 e. The molecule has 0 unspecified atom stereocenters. The smallest absolute Gasteiger partial charge is 0.257 e. The first-order valence-corrected chi connectivity index (χ1v) is 15.1. The van der Waals surface area contributed by atoms with Gasteiger partial charge in [0.1, 0.15) is 17.2 Å². The van der Waals surface area contributed by atoms with Crippen LogP contribution >= 0.6 is 15.9 Å². The Morgan fingerprint density at radius 2 is 1.79 bits per heavy atom. The Kier molecular flexibility index (Phi) is 8.31. The van der Waals surface area contributed by atoms with E-state index in [1.165, 1.54) is 0 Å². The Balaban J connectivity index is 1.34. The number of hydrogen-bond acceptors (Lipinski definition) is 7. The third-order valence-electron chi connectivity index (χ3n) is 7.64. The Morgan fingerprint density at radius 3 is 2.53 bits per heavy atom. The number of fused-ring (bicyclic) bond motifs is 1. The summed E-state index contributed by atoms with van der Waals surface area (Å²) in [6.45, 7) is 4.41. The van der Waals surface area contributed by atoms with Gasteiger partial charge in [-0.2, -0.15) is 5.21 Å². The first kappa shape index (κ1) is 28.7. The second-order valence-corrected chi connectivity index (χ2v) is 11.4. The number of aryl methyl sites for hydroxylation is 2. The van der Waals surface area contributed by atoms with Gasteiger partial charge in [0.2, 0.25) is 5.82 Å². The molecule has 3 aromatic carbocycles. The monoisotopic (exact) mass is 638 g/mol. The van der Waals surface area contributed by atoms with Crippen LogP contribution in [-0.2, 0) is 26.0 Å². The SMILES string of the molecule is CCCCc1nc(C)c(Cc2cccc(CO)c2)c(=O)n1Cc1ccc2oc(-c3ccc(-c4nn[nH]n4)cc3)c(Br)c2c1. The quantitative estimate of drug-likeness (QED) is 0.178. The van der Waals surface area contributed by atoms with Gasteiger partial charge in [-0.3, -0.25) is 9.36 Å². The lowest BCUT2D eigenvalue weighted by atomic mass is 10.0. The molecule has 0 bridgehead atoms. The zero-order valence-electron chi connectivity index (χ0n) is 24.0. The van der Waals surface area contributed by atoms with Crippen LogP contribution in [0.5, 0.6) is 0 Å². The van der Waals surface area contributed by atoms with Crippen molar-refractivity contribution in [1.82, 2.24) is 30.2 Å². The minimum atomic E-state index is -0.0371. The molecule has 3 aromatic heterocycles. The fourth-order valence-corrected chi connectivity index (χ4v) is 5.95. The Hall–Kier alpha value is -4.41. The molecular formula is C33H31BrN6O3. The summed E-state index contributed by atoms with van der Waals surface area (Å²) < 4.78 is 8.91. The van der Waals surface area contributed by atoms with Gasteiger partial charge in [-0.25, -0.2) is 4.98 Å². The molecule has 2 N–H and O–H groups in total. The van der Waals surface area contributed by atoms with Gasteiger partial charge in [0.15, 0.2) is 0 Å². The minimum Gasteiger partial charge on any atom is -0.455 e. The molecule has 0 fully saturated rings. The number of tetrazole rings is 1. The zero-order valence-corrected chi connectivity index (χ0v) is 25.6. The summed E-state index contributed by atoms with van der Waals surface area (Å²) in [5.41, 5.74) is 6.69. The van der Waals surface area contributed by atoms with Crippen molar-refractivity contribution in [2.24, 2.45) is 0 Å². The molecule has 0 radical (unpaired) electrons. The second-order valence-electron chi connectivity index (χ2n) is 10.6. The summed E-state index contributed by atoms with van der Waals surface area (Å²) in [6.07, 6.45) is 3.15. The van der Waals surface area contributed by atoms with E-state index in [9.17, 15) is 9.90 Å². The summed E-state index contributed by atoms with van der Waals surface area (Å²) in [5, 5.41) is 24.7. The van der Waals surface area contributed by atoms with Crippen molar-refractivity contribution in [3.63, 3.8) is 0 Å². The number of rotatable bonds is 10. The number of halogens is 1. The number of nitrogens with one attached hydrogen (secondary N) is 1. The van der Waals surface area contributed by atoms with Crippen LogP contribution in [0.25, 0.3) is 33.7 Å². The summed E-state index contributed by atoms with van der Waals surface area (Å²) in [6, 6.07) is 21.5. The number of aromatic nitrogens is 6. The topological polar surface area (TPSA) is 123 Å². The van der Waals surface area contributed by atoms with Crippen LogP contribution in [0.4, 0.5) is 0 Å². The van der Waals surface area contributed by atoms with Crippen LogP contribution in [0.2, 0.25) is 0 Å². The molecule has 218 valence electrons. The van der Waals surface area contributed by atoms with Crippen molar-refractivity contribution >= 4 is 26.9 Å². The van der Waals surface area contributed by atoms with Crippen molar-refractivity contribution in [2.75, 3.05) is 0 Å². The summed E-state index contributed by atoms with van der Waals surface area (Å²) in [4.78, 5) is 18.9. The number of unbranched alkanes of at least 4 members (excludes halogenated alkanes) is 1. The Bertz CT molecular complexity index is 1950. The molecule has 43 heavy (non-hydrogen) atoms. The number of benzene rings is 3. The molecule has 0 aliphatic heterocycles. The van der Waals surface area contributed by atoms with E-state index >= 15 is 0 Å². The minimum absolute atomic E-state index is 0.0262. The maximum absolute atomic E-state index is 14.0. The third-order valence-corrected chi connectivity index (χ3v) is 8.43. The van der Waals surface area contributed by atoms with Gasteiger partial charge in [-0.1, -0.05) is 67.9 Å². The highest BCUT2D eigenvalue weighted by Gasteiger charge is 2.18. The van der Waals surface area contributed by atoms with Gasteiger partial charge >= 0.3 is 0 Å². The van der Waals surface area contributed by atoms with Gasteiger partial charge in [-0.05, 0) is 63.3 Å². The number of aliphatic hydroxyl groups is 1. The van der Waals surface area contributed by atoms with Gasteiger partial charge in [0.05, 0.1) is 17.6 Å². The molecule has 0 aliphatic carbocycles. The molecule has 0 aliphatic rings. The van der Waals surface area contributed by atoms with Crippen molar-refractivity contribution in [3.8, 4) is 22.7 Å². The van der Waals surface area contributed by atoms with Gasteiger partial charge in [0, 0.05) is 40.6 Å². The molecular weight excluding hydrogens is 608 g/mol. The first-order chi connectivity index (χ1) is 20.9.